The minimum atomic E-state index is -0.685. The van der Waals surface area contributed by atoms with E-state index < -0.39 is 24.5 Å². The molecule has 0 spiro atoms. The van der Waals surface area contributed by atoms with Crippen LogP contribution >= 0.6 is 11.3 Å². The lowest BCUT2D eigenvalue weighted by molar-refractivity contribution is -0.142. The Morgan fingerprint density at radius 1 is 1.15 bits per heavy atom. The summed E-state index contributed by atoms with van der Waals surface area (Å²) in [5.74, 6) is -1.65. The third-order valence-corrected chi connectivity index (χ3v) is 6.38. The summed E-state index contributed by atoms with van der Waals surface area (Å²) >= 11 is 1.39. The largest absolute Gasteiger partial charge is 0.459 e. The lowest BCUT2D eigenvalue weighted by Gasteiger charge is -2.14. The molecule has 1 aromatic carbocycles. The Morgan fingerprint density at radius 3 is 2.71 bits per heavy atom. The predicted octanol–water partition coefficient (Wildman–Crippen LogP) is 4.33. The predicted molar refractivity (Wildman–Crippen MR) is 130 cm³/mol. The number of anilines is 1. The highest BCUT2D eigenvalue weighted by Gasteiger charge is 2.28. The molecule has 34 heavy (non-hydrogen) atoms. The normalized spacial score (nSPS) is 13.1. The van der Waals surface area contributed by atoms with E-state index in [1.807, 2.05) is 24.3 Å². The van der Waals surface area contributed by atoms with E-state index in [0.29, 0.717) is 21.8 Å². The van der Waals surface area contributed by atoms with E-state index in [9.17, 15) is 14.4 Å². The second-order valence-electron chi connectivity index (χ2n) is 8.14. The molecule has 1 aliphatic rings. The zero-order valence-electron chi connectivity index (χ0n) is 19.0. The molecule has 0 unspecified atom stereocenters. The van der Waals surface area contributed by atoms with E-state index in [1.165, 1.54) is 23.5 Å². The van der Waals surface area contributed by atoms with Crippen molar-refractivity contribution >= 4 is 51.3 Å². The van der Waals surface area contributed by atoms with Gasteiger partial charge in [0.1, 0.15) is 5.00 Å². The lowest BCUT2D eigenvalue weighted by Crippen LogP contribution is -2.22. The maximum atomic E-state index is 12.7. The van der Waals surface area contributed by atoms with Gasteiger partial charge in [0.05, 0.1) is 34.6 Å². The number of benzene rings is 1. The van der Waals surface area contributed by atoms with Gasteiger partial charge in [-0.2, -0.15) is 0 Å². The molecule has 9 heteroatoms. The second kappa shape index (κ2) is 10.6. The summed E-state index contributed by atoms with van der Waals surface area (Å²) in [5.41, 5.74) is 3.34. The number of rotatable bonds is 7. The van der Waals surface area contributed by atoms with Crippen LogP contribution in [-0.4, -0.2) is 40.5 Å². The topological polar surface area (TPSA) is 107 Å². The average molecular weight is 480 g/mol. The number of hydrogen-bond donors (Lipinski definition) is 1. The molecule has 0 bridgehead atoms. The van der Waals surface area contributed by atoms with Crippen molar-refractivity contribution in [3.8, 4) is 0 Å². The van der Waals surface area contributed by atoms with Crippen LogP contribution < -0.4 is 5.32 Å². The maximum Gasteiger partial charge on any atom is 0.341 e. The molecule has 0 aliphatic heterocycles. The zero-order valence-corrected chi connectivity index (χ0v) is 19.8. The van der Waals surface area contributed by atoms with Gasteiger partial charge in [-0.25, -0.2) is 14.6 Å². The first-order chi connectivity index (χ1) is 16.4. The van der Waals surface area contributed by atoms with Gasteiger partial charge in [0.15, 0.2) is 6.61 Å². The van der Waals surface area contributed by atoms with Gasteiger partial charge in [0.25, 0.3) is 5.91 Å². The van der Waals surface area contributed by atoms with Crippen molar-refractivity contribution in [2.75, 3.05) is 11.9 Å². The van der Waals surface area contributed by atoms with Gasteiger partial charge in [-0.15, -0.1) is 11.3 Å². The van der Waals surface area contributed by atoms with Gasteiger partial charge in [-0.05, 0) is 63.3 Å². The molecule has 0 saturated heterocycles. The van der Waals surface area contributed by atoms with E-state index in [0.717, 1.165) is 41.6 Å². The summed E-state index contributed by atoms with van der Waals surface area (Å²) < 4.78 is 10.4. The summed E-state index contributed by atoms with van der Waals surface area (Å²) in [5, 5.41) is 3.17. The number of thiophene rings is 1. The SMILES string of the molecule is CC(C)OC(=O)c1c(NC(=O)COC(=O)/C=C/c2cnc3ccccc3n2)sc2c1CCCC2. The van der Waals surface area contributed by atoms with Crippen LogP contribution in [-0.2, 0) is 31.9 Å². The highest BCUT2D eigenvalue weighted by Crippen LogP contribution is 2.38. The van der Waals surface area contributed by atoms with Crippen molar-refractivity contribution in [1.82, 2.24) is 9.97 Å². The molecule has 1 aliphatic carbocycles. The van der Waals surface area contributed by atoms with E-state index in [-0.39, 0.29) is 6.10 Å². The number of carbonyl (C=O) groups excluding carboxylic acids is 3. The second-order valence-corrected chi connectivity index (χ2v) is 9.25. The number of aryl methyl sites for hydroxylation is 1. The van der Waals surface area contributed by atoms with Crippen LogP contribution in [0.3, 0.4) is 0 Å². The molecule has 1 N–H and O–H groups in total. The van der Waals surface area contributed by atoms with E-state index >= 15 is 0 Å². The quantitative estimate of drug-likeness (QED) is 0.397. The molecule has 176 valence electrons. The number of amides is 1. The van der Waals surface area contributed by atoms with Crippen LogP contribution in [0.2, 0.25) is 0 Å². The molecule has 8 nitrogen and oxygen atoms in total. The third kappa shape index (κ3) is 5.66. The molecule has 0 fully saturated rings. The average Bonchev–Trinajstić information content (AvgIpc) is 3.18. The van der Waals surface area contributed by atoms with Crippen molar-refractivity contribution in [2.45, 2.75) is 45.6 Å². The van der Waals surface area contributed by atoms with Gasteiger partial charge in [0, 0.05) is 11.0 Å². The van der Waals surface area contributed by atoms with Crippen molar-refractivity contribution in [3.05, 3.63) is 58.2 Å². The highest BCUT2D eigenvalue weighted by atomic mass is 32.1. The fourth-order valence-electron chi connectivity index (χ4n) is 3.70. The van der Waals surface area contributed by atoms with Gasteiger partial charge >= 0.3 is 11.9 Å². The molecule has 0 radical (unpaired) electrons. The molecule has 0 atom stereocenters. The molecule has 2 aromatic heterocycles. The first-order valence-electron chi connectivity index (χ1n) is 11.1. The first kappa shape index (κ1) is 23.6. The first-order valence-corrected chi connectivity index (χ1v) is 11.9. The van der Waals surface area contributed by atoms with Crippen LogP contribution in [0.1, 0.15) is 53.2 Å². The highest BCUT2D eigenvalue weighted by molar-refractivity contribution is 7.17. The molecule has 0 saturated carbocycles. The number of ether oxygens (including phenoxy) is 2. The molecule has 4 rings (SSSR count). The molecular formula is C25H25N3O5S. The minimum absolute atomic E-state index is 0.268. The van der Waals surface area contributed by atoms with Crippen molar-refractivity contribution < 1.29 is 23.9 Å². The number of aromatic nitrogens is 2. The number of carbonyl (C=O) groups is 3. The van der Waals surface area contributed by atoms with Gasteiger partial charge in [0.2, 0.25) is 0 Å². The lowest BCUT2D eigenvalue weighted by atomic mass is 9.95. The van der Waals surface area contributed by atoms with E-state index in [2.05, 4.69) is 15.3 Å². The Kier molecular flexibility index (Phi) is 7.32. The van der Waals surface area contributed by atoms with E-state index in [1.54, 1.807) is 20.0 Å². The van der Waals surface area contributed by atoms with Crippen LogP contribution in [0.4, 0.5) is 5.00 Å². The van der Waals surface area contributed by atoms with Gasteiger partial charge in [-0.3, -0.25) is 9.78 Å². The summed E-state index contributed by atoms with van der Waals surface area (Å²) in [4.78, 5) is 47.0. The Labute approximate surface area is 201 Å². The molecule has 2 heterocycles. The number of hydrogen-bond acceptors (Lipinski definition) is 8. The van der Waals surface area contributed by atoms with Crippen LogP contribution in [0, 0.1) is 0 Å². The molecule has 1 amide bonds. The molecular weight excluding hydrogens is 454 g/mol. The Balaban J connectivity index is 1.37. The zero-order chi connectivity index (χ0) is 24.1. The number of para-hydroxylation sites is 2. The number of nitrogens with zero attached hydrogens (tertiary/aromatic N) is 2. The van der Waals surface area contributed by atoms with Crippen molar-refractivity contribution in [2.24, 2.45) is 0 Å². The van der Waals surface area contributed by atoms with E-state index in [4.69, 9.17) is 9.47 Å². The summed E-state index contributed by atoms with van der Waals surface area (Å²) in [6, 6.07) is 7.41. The Hall–Kier alpha value is -3.59. The van der Waals surface area contributed by atoms with Crippen LogP contribution in [0.5, 0.6) is 0 Å². The number of fused-ring (bicyclic) bond motifs is 2. The van der Waals surface area contributed by atoms with Gasteiger partial charge < -0.3 is 14.8 Å². The van der Waals surface area contributed by atoms with Crippen LogP contribution in [0.15, 0.2) is 36.5 Å². The maximum absolute atomic E-state index is 12.7. The fraction of sp³-hybridized carbons (Fsp3) is 0.320. The molecule has 3 aromatic rings. The standard InChI is InChI=1S/C25H25N3O5S/c1-15(2)33-25(31)23-17-7-3-6-10-20(17)34-24(23)28-21(29)14-32-22(30)12-11-16-13-26-18-8-4-5-9-19(18)27-16/h4-5,8-9,11-13,15H,3,6-7,10,14H2,1-2H3,(H,28,29)/b12-11+. The summed E-state index contributed by atoms with van der Waals surface area (Å²) in [7, 11) is 0. The monoisotopic (exact) mass is 479 g/mol. The Morgan fingerprint density at radius 2 is 1.91 bits per heavy atom. The minimum Gasteiger partial charge on any atom is -0.459 e. The van der Waals surface area contributed by atoms with Gasteiger partial charge in [-0.1, -0.05) is 12.1 Å². The van der Waals surface area contributed by atoms with Crippen molar-refractivity contribution in [1.29, 1.82) is 0 Å². The van der Waals surface area contributed by atoms with Crippen molar-refractivity contribution in [3.63, 3.8) is 0 Å². The summed E-state index contributed by atoms with van der Waals surface area (Å²) in [6.07, 6.45) is 7.64. The summed E-state index contributed by atoms with van der Waals surface area (Å²) in [6.45, 7) is 3.09. The number of esters is 2. The van der Waals surface area contributed by atoms with Crippen LogP contribution in [0.25, 0.3) is 17.1 Å². The Bertz CT molecular complexity index is 1260. The smallest absolute Gasteiger partial charge is 0.341 e. The third-order valence-electron chi connectivity index (χ3n) is 5.17. The number of nitrogens with one attached hydrogen (secondary N) is 1. The fourth-order valence-corrected chi connectivity index (χ4v) is 4.99.